The van der Waals surface area contributed by atoms with E-state index < -0.39 is 17.7 Å². The number of allylic oxidation sites excluding steroid dienone is 4. The molecule has 0 aromatic heterocycles. The van der Waals surface area contributed by atoms with Gasteiger partial charge in [0.25, 0.3) is 0 Å². The molecule has 1 nitrogen and oxygen atoms in total. The summed E-state index contributed by atoms with van der Waals surface area (Å²) in [7, 11) is 0. The van der Waals surface area contributed by atoms with Gasteiger partial charge in [-0.3, -0.25) is 0 Å². The van der Waals surface area contributed by atoms with Gasteiger partial charge in [0.2, 0.25) is 0 Å². The number of nitriles is 1. The Bertz CT molecular complexity index is 332. The summed E-state index contributed by atoms with van der Waals surface area (Å²) in [6.45, 7) is 0. The standard InChI is InChI=1S/C8H4F3NS/c9-8(10,11)6-2-1-5(4-12)7(13)3-6/h1-3,5H. The van der Waals surface area contributed by atoms with E-state index >= 15 is 0 Å². The van der Waals surface area contributed by atoms with Crippen LogP contribution in [0, 0.1) is 17.2 Å². The quantitative estimate of drug-likeness (QED) is 0.565. The fourth-order valence-electron chi connectivity index (χ4n) is 0.869. The molecule has 0 radical (unpaired) electrons. The van der Waals surface area contributed by atoms with E-state index in [-0.39, 0.29) is 4.86 Å². The molecule has 0 fully saturated rings. The molecule has 68 valence electrons. The van der Waals surface area contributed by atoms with Gasteiger partial charge >= 0.3 is 6.18 Å². The van der Waals surface area contributed by atoms with E-state index in [1.54, 1.807) is 6.07 Å². The molecule has 0 saturated heterocycles. The number of alkyl halides is 3. The molecule has 0 aromatic rings. The third-order valence-electron chi connectivity index (χ3n) is 1.54. The topological polar surface area (TPSA) is 23.8 Å². The zero-order chi connectivity index (χ0) is 10.1. The van der Waals surface area contributed by atoms with E-state index in [0.717, 1.165) is 18.2 Å². The lowest BCUT2D eigenvalue weighted by molar-refractivity contribution is -0.0881. The molecule has 13 heavy (non-hydrogen) atoms. The van der Waals surface area contributed by atoms with Crippen LogP contribution in [0.5, 0.6) is 0 Å². The van der Waals surface area contributed by atoms with Crippen molar-refractivity contribution in [1.82, 2.24) is 0 Å². The Balaban J connectivity index is 2.94. The van der Waals surface area contributed by atoms with Crippen molar-refractivity contribution in [1.29, 1.82) is 5.26 Å². The predicted molar refractivity (Wildman–Crippen MR) is 45.0 cm³/mol. The Labute approximate surface area is 78.2 Å². The van der Waals surface area contributed by atoms with Gasteiger partial charge in [0.05, 0.1) is 17.6 Å². The maximum atomic E-state index is 12.1. The van der Waals surface area contributed by atoms with Crippen molar-refractivity contribution in [3.8, 4) is 6.07 Å². The molecule has 0 aliphatic heterocycles. The minimum Gasteiger partial charge on any atom is -0.197 e. The summed E-state index contributed by atoms with van der Waals surface area (Å²) in [5.74, 6) is -0.707. The molecule has 0 aromatic carbocycles. The Morgan fingerprint density at radius 3 is 2.46 bits per heavy atom. The van der Waals surface area contributed by atoms with Crippen molar-refractivity contribution >= 4 is 17.1 Å². The average molecular weight is 203 g/mol. The number of hydrogen-bond donors (Lipinski definition) is 0. The molecule has 1 aliphatic rings. The first-order valence-electron chi connectivity index (χ1n) is 3.35. The van der Waals surface area contributed by atoms with Gasteiger partial charge in [-0.1, -0.05) is 24.4 Å². The molecule has 1 rings (SSSR count). The summed E-state index contributed by atoms with van der Waals surface area (Å²) in [6.07, 6.45) is -1.53. The molecule has 1 atom stereocenters. The fraction of sp³-hybridized carbons (Fsp3) is 0.250. The van der Waals surface area contributed by atoms with Crippen LogP contribution in [0.4, 0.5) is 13.2 Å². The van der Waals surface area contributed by atoms with Gasteiger partial charge in [0.15, 0.2) is 0 Å². The zero-order valence-corrected chi connectivity index (χ0v) is 7.12. The highest BCUT2D eigenvalue weighted by atomic mass is 32.1. The Kier molecular flexibility index (Phi) is 2.52. The molecule has 0 amide bonds. The first kappa shape index (κ1) is 9.93. The number of rotatable bonds is 0. The largest absolute Gasteiger partial charge is 0.416 e. The van der Waals surface area contributed by atoms with Gasteiger partial charge in [-0.05, 0) is 6.08 Å². The monoisotopic (exact) mass is 203 g/mol. The van der Waals surface area contributed by atoms with Gasteiger partial charge in [-0.25, -0.2) is 0 Å². The van der Waals surface area contributed by atoms with Crippen LogP contribution in [0.1, 0.15) is 0 Å². The van der Waals surface area contributed by atoms with Crippen molar-refractivity contribution in [3.63, 3.8) is 0 Å². The van der Waals surface area contributed by atoms with Crippen LogP contribution in [-0.4, -0.2) is 11.0 Å². The van der Waals surface area contributed by atoms with E-state index in [1.165, 1.54) is 0 Å². The summed E-state index contributed by atoms with van der Waals surface area (Å²) >= 11 is 4.62. The van der Waals surface area contributed by atoms with E-state index in [2.05, 4.69) is 12.2 Å². The second-order valence-corrected chi connectivity index (χ2v) is 2.94. The SMILES string of the molecule is N#CC1C=CC(C(F)(F)F)=CC1=S. The van der Waals surface area contributed by atoms with Crippen LogP contribution in [0.3, 0.4) is 0 Å². The lowest BCUT2D eigenvalue weighted by Gasteiger charge is -2.13. The van der Waals surface area contributed by atoms with Crippen LogP contribution in [0.2, 0.25) is 0 Å². The second kappa shape index (κ2) is 3.30. The Hall–Kier alpha value is -1.15. The lowest BCUT2D eigenvalue weighted by Crippen LogP contribution is -2.17. The van der Waals surface area contributed by atoms with Gasteiger partial charge < -0.3 is 0 Å². The third kappa shape index (κ3) is 2.16. The molecule has 1 unspecified atom stereocenters. The molecule has 0 spiro atoms. The van der Waals surface area contributed by atoms with Gasteiger partial charge in [0.1, 0.15) is 0 Å². The summed E-state index contributed by atoms with van der Waals surface area (Å²) < 4.78 is 36.3. The molecule has 5 heteroatoms. The van der Waals surface area contributed by atoms with Crippen LogP contribution in [0.15, 0.2) is 23.8 Å². The molecule has 0 saturated carbocycles. The van der Waals surface area contributed by atoms with Gasteiger partial charge in [0, 0.05) is 4.86 Å². The summed E-state index contributed by atoms with van der Waals surface area (Å²) in [5.41, 5.74) is -0.802. The van der Waals surface area contributed by atoms with Crippen molar-refractivity contribution in [3.05, 3.63) is 23.8 Å². The van der Waals surface area contributed by atoms with Crippen molar-refractivity contribution < 1.29 is 13.2 Å². The molecule has 0 N–H and O–H groups in total. The number of nitrogens with zero attached hydrogens (tertiary/aromatic N) is 1. The van der Waals surface area contributed by atoms with Gasteiger partial charge in [-0.2, -0.15) is 18.4 Å². The molecule has 0 heterocycles. The lowest BCUT2D eigenvalue weighted by atomic mass is 9.97. The normalized spacial score (nSPS) is 22.5. The third-order valence-corrected chi connectivity index (χ3v) is 1.91. The second-order valence-electron chi connectivity index (χ2n) is 2.47. The van der Waals surface area contributed by atoms with E-state index in [9.17, 15) is 13.2 Å². The molecule has 1 aliphatic carbocycles. The Morgan fingerprint density at radius 1 is 1.46 bits per heavy atom. The number of hydrogen-bond acceptors (Lipinski definition) is 2. The molecular weight excluding hydrogens is 199 g/mol. The maximum Gasteiger partial charge on any atom is 0.416 e. The molecular formula is C8H4F3NS. The highest BCUT2D eigenvalue weighted by Gasteiger charge is 2.34. The first-order chi connectivity index (χ1) is 5.95. The Morgan fingerprint density at radius 2 is 2.08 bits per heavy atom. The minimum atomic E-state index is -4.39. The van der Waals surface area contributed by atoms with E-state index in [0.29, 0.717) is 0 Å². The minimum absolute atomic E-state index is 0.0114. The molecule has 0 bridgehead atoms. The highest BCUT2D eigenvalue weighted by molar-refractivity contribution is 7.80. The summed E-state index contributed by atoms with van der Waals surface area (Å²) in [4.78, 5) is 0.0114. The van der Waals surface area contributed by atoms with E-state index in [4.69, 9.17) is 5.26 Å². The first-order valence-corrected chi connectivity index (χ1v) is 3.76. The maximum absolute atomic E-state index is 12.1. The average Bonchev–Trinajstić information content (AvgIpc) is 2.02. The van der Waals surface area contributed by atoms with Crippen molar-refractivity contribution in [2.75, 3.05) is 0 Å². The van der Waals surface area contributed by atoms with Crippen LogP contribution >= 0.6 is 12.2 Å². The van der Waals surface area contributed by atoms with Crippen molar-refractivity contribution in [2.45, 2.75) is 6.18 Å². The van der Waals surface area contributed by atoms with E-state index in [1.807, 2.05) is 0 Å². The van der Waals surface area contributed by atoms with Crippen LogP contribution < -0.4 is 0 Å². The van der Waals surface area contributed by atoms with Crippen LogP contribution in [-0.2, 0) is 0 Å². The zero-order valence-electron chi connectivity index (χ0n) is 6.30. The summed E-state index contributed by atoms with van der Waals surface area (Å²) in [5, 5.41) is 8.45. The highest BCUT2D eigenvalue weighted by Crippen LogP contribution is 2.29. The van der Waals surface area contributed by atoms with Gasteiger partial charge in [-0.15, -0.1) is 0 Å². The number of halogens is 3. The number of thiocarbonyl (C=S) groups is 1. The van der Waals surface area contributed by atoms with Crippen LogP contribution in [0.25, 0.3) is 0 Å². The fourth-order valence-corrected chi connectivity index (χ4v) is 1.13. The predicted octanol–water partition coefficient (Wildman–Crippen LogP) is 2.55. The smallest absolute Gasteiger partial charge is 0.197 e. The van der Waals surface area contributed by atoms with Crippen molar-refractivity contribution in [2.24, 2.45) is 5.92 Å². The summed E-state index contributed by atoms with van der Waals surface area (Å²) in [6, 6.07) is 1.79.